The number of cyclic esters (lactones) is 1. The Morgan fingerprint density at radius 1 is 1.20 bits per heavy atom. The normalized spacial score (nSPS) is 27.7. The number of esters is 1. The zero-order chi connectivity index (χ0) is 17.1. The Balaban J connectivity index is 1.26. The molecule has 1 unspecified atom stereocenters. The van der Waals surface area contributed by atoms with Crippen LogP contribution < -0.4 is 0 Å². The molecule has 0 amide bonds. The van der Waals surface area contributed by atoms with E-state index in [-0.39, 0.29) is 17.5 Å². The van der Waals surface area contributed by atoms with Crippen molar-refractivity contribution in [2.45, 2.75) is 31.8 Å². The van der Waals surface area contributed by atoms with Gasteiger partial charge in [0.1, 0.15) is 6.10 Å². The standard InChI is InChI=1S/C18H28N4O3/c23-17-18(11-16(25-17)14-22-7-9-24-10-8-22)2-5-21(6-3-18)4-1-15-12-19-20-13-15/h12-13,16H,1-11,14H2,(H,19,20). The second-order valence-corrected chi connectivity index (χ2v) is 7.62. The minimum atomic E-state index is -0.233. The first kappa shape index (κ1) is 17.0. The maximum Gasteiger partial charge on any atom is 0.312 e. The van der Waals surface area contributed by atoms with E-state index in [1.54, 1.807) is 0 Å². The van der Waals surface area contributed by atoms with Crippen molar-refractivity contribution in [2.75, 3.05) is 52.5 Å². The van der Waals surface area contributed by atoms with Crippen LogP contribution in [0.3, 0.4) is 0 Å². The molecule has 3 aliphatic rings. The number of H-pyrrole nitrogens is 1. The second-order valence-electron chi connectivity index (χ2n) is 7.62. The molecule has 25 heavy (non-hydrogen) atoms. The fourth-order valence-electron chi connectivity index (χ4n) is 4.33. The van der Waals surface area contributed by atoms with Gasteiger partial charge in [-0.3, -0.25) is 14.8 Å². The van der Waals surface area contributed by atoms with Gasteiger partial charge in [0.25, 0.3) is 0 Å². The fraction of sp³-hybridized carbons (Fsp3) is 0.778. The van der Waals surface area contributed by atoms with Crippen LogP contribution in [0, 0.1) is 5.41 Å². The first-order chi connectivity index (χ1) is 12.2. The lowest BCUT2D eigenvalue weighted by atomic mass is 9.76. The summed E-state index contributed by atoms with van der Waals surface area (Å²) >= 11 is 0. The van der Waals surface area contributed by atoms with Crippen molar-refractivity contribution in [2.24, 2.45) is 5.41 Å². The van der Waals surface area contributed by atoms with E-state index in [4.69, 9.17) is 9.47 Å². The Morgan fingerprint density at radius 2 is 2.00 bits per heavy atom. The number of likely N-dealkylation sites (tertiary alicyclic amines) is 1. The lowest BCUT2D eigenvalue weighted by Crippen LogP contribution is -2.43. The minimum absolute atomic E-state index is 0.0419. The highest BCUT2D eigenvalue weighted by molar-refractivity contribution is 5.79. The molecule has 138 valence electrons. The number of ether oxygens (including phenoxy) is 2. The number of morpholine rings is 1. The molecule has 7 heteroatoms. The molecule has 0 radical (unpaired) electrons. The van der Waals surface area contributed by atoms with E-state index in [9.17, 15) is 4.79 Å². The lowest BCUT2D eigenvalue weighted by Gasteiger charge is -2.36. The fourth-order valence-corrected chi connectivity index (χ4v) is 4.33. The van der Waals surface area contributed by atoms with Crippen molar-refractivity contribution in [3.05, 3.63) is 18.0 Å². The molecule has 3 saturated heterocycles. The van der Waals surface area contributed by atoms with Crippen LogP contribution in [0.2, 0.25) is 0 Å². The molecular weight excluding hydrogens is 320 g/mol. The Kier molecular flexibility index (Phi) is 5.05. The molecule has 0 aliphatic carbocycles. The molecule has 4 heterocycles. The van der Waals surface area contributed by atoms with Crippen molar-refractivity contribution in [1.82, 2.24) is 20.0 Å². The van der Waals surface area contributed by atoms with Gasteiger partial charge in [0.15, 0.2) is 0 Å². The highest BCUT2D eigenvalue weighted by Crippen LogP contribution is 2.43. The van der Waals surface area contributed by atoms with Crippen molar-refractivity contribution < 1.29 is 14.3 Å². The molecule has 1 aromatic heterocycles. The first-order valence-corrected chi connectivity index (χ1v) is 9.45. The summed E-state index contributed by atoms with van der Waals surface area (Å²) in [5, 5.41) is 6.85. The van der Waals surface area contributed by atoms with E-state index in [1.165, 1.54) is 5.56 Å². The smallest absolute Gasteiger partial charge is 0.312 e. The van der Waals surface area contributed by atoms with Crippen LogP contribution in [-0.2, 0) is 20.7 Å². The molecule has 1 aromatic rings. The average Bonchev–Trinajstić information content (AvgIpc) is 3.24. The van der Waals surface area contributed by atoms with Gasteiger partial charge in [-0.1, -0.05) is 0 Å². The van der Waals surface area contributed by atoms with E-state index < -0.39 is 0 Å². The van der Waals surface area contributed by atoms with Gasteiger partial charge in [-0.25, -0.2) is 0 Å². The van der Waals surface area contributed by atoms with Gasteiger partial charge in [-0.05, 0) is 37.9 Å². The summed E-state index contributed by atoms with van der Waals surface area (Å²) in [6.45, 7) is 7.33. The summed E-state index contributed by atoms with van der Waals surface area (Å²) in [5.41, 5.74) is 1.01. The Labute approximate surface area is 148 Å². The summed E-state index contributed by atoms with van der Waals surface area (Å²) in [6.07, 6.45) is 7.65. The van der Waals surface area contributed by atoms with E-state index in [1.807, 2.05) is 12.4 Å². The number of nitrogens with zero attached hydrogens (tertiary/aromatic N) is 3. The van der Waals surface area contributed by atoms with Crippen LogP contribution in [0.5, 0.6) is 0 Å². The van der Waals surface area contributed by atoms with Gasteiger partial charge < -0.3 is 14.4 Å². The number of piperidine rings is 1. The summed E-state index contributed by atoms with van der Waals surface area (Å²) in [6, 6.07) is 0. The van der Waals surface area contributed by atoms with Crippen LogP contribution in [0.1, 0.15) is 24.8 Å². The molecular formula is C18H28N4O3. The number of rotatable bonds is 5. The Morgan fingerprint density at radius 3 is 2.72 bits per heavy atom. The number of carbonyl (C=O) groups is 1. The highest BCUT2D eigenvalue weighted by atomic mass is 16.6. The lowest BCUT2D eigenvalue weighted by molar-refractivity contribution is -0.151. The molecule has 1 spiro atoms. The first-order valence-electron chi connectivity index (χ1n) is 9.45. The predicted octanol–water partition coefficient (Wildman–Crippen LogP) is 0.682. The molecule has 0 saturated carbocycles. The number of aromatic nitrogens is 2. The van der Waals surface area contributed by atoms with Gasteiger partial charge in [-0.2, -0.15) is 5.10 Å². The Hall–Kier alpha value is -1.44. The molecule has 4 rings (SSSR count). The quantitative estimate of drug-likeness (QED) is 0.789. The summed E-state index contributed by atoms with van der Waals surface area (Å²) in [7, 11) is 0. The number of nitrogens with one attached hydrogen (secondary N) is 1. The molecule has 3 fully saturated rings. The van der Waals surface area contributed by atoms with Crippen LogP contribution >= 0.6 is 0 Å². The third-order valence-corrected chi connectivity index (χ3v) is 5.98. The van der Waals surface area contributed by atoms with Crippen LogP contribution in [0.15, 0.2) is 12.4 Å². The predicted molar refractivity (Wildman–Crippen MR) is 92.2 cm³/mol. The zero-order valence-corrected chi connectivity index (χ0v) is 14.8. The minimum Gasteiger partial charge on any atom is -0.461 e. The van der Waals surface area contributed by atoms with E-state index >= 15 is 0 Å². The van der Waals surface area contributed by atoms with Gasteiger partial charge in [0, 0.05) is 38.8 Å². The van der Waals surface area contributed by atoms with E-state index in [2.05, 4.69) is 20.0 Å². The molecule has 7 nitrogen and oxygen atoms in total. The van der Waals surface area contributed by atoms with Gasteiger partial charge in [0.2, 0.25) is 0 Å². The third kappa shape index (κ3) is 3.88. The number of aromatic amines is 1. The van der Waals surface area contributed by atoms with Crippen molar-refractivity contribution in [3.8, 4) is 0 Å². The van der Waals surface area contributed by atoms with Crippen LogP contribution in [-0.4, -0.2) is 84.6 Å². The van der Waals surface area contributed by atoms with Crippen molar-refractivity contribution >= 4 is 5.97 Å². The molecule has 1 N–H and O–H groups in total. The van der Waals surface area contributed by atoms with Gasteiger partial charge >= 0.3 is 5.97 Å². The summed E-state index contributed by atoms with van der Waals surface area (Å²) < 4.78 is 11.2. The highest BCUT2D eigenvalue weighted by Gasteiger charge is 2.50. The number of carbonyl (C=O) groups excluding carboxylic acids is 1. The number of hydrogen-bond donors (Lipinski definition) is 1. The summed E-state index contributed by atoms with van der Waals surface area (Å²) in [5.74, 6) is 0.0419. The van der Waals surface area contributed by atoms with Crippen molar-refractivity contribution in [1.29, 1.82) is 0 Å². The third-order valence-electron chi connectivity index (χ3n) is 5.98. The second kappa shape index (κ2) is 7.43. The van der Waals surface area contributed by atoms with Gasteiger partial charge in [0.05, 0.1) is 24.8 Å². The SMILES string of the molecule is O=C1OC(CN2CCOCC2)CC12CCN(CCc1cn[nH]c1)CC2. The Bertz CT molecular complexity index is 563. The van der Waals surface area contributed by atoms with Crippen molar-refractivity contribution in [3.63, 3.8) is 0 Å². The molecule has 0 bridgehead atoms. The van der Waals surface area contributed by atoms with Gasteiger partial charge in [-0.15, -0.1) is 0 Å². The largest absolute Gasteiger partial charge is 0.461 e. The topological polar surface area (TPSA) is 70.7 Å². The summed E-state index contributed by atoms with van der Waals surface area (Å²) in [4.78, 5) is 17.4. The maximum atomic E-state index is 12.6. The zero-order valence-electron chi connectivity index (χ0n) is 14.8. The van der Waals surface area contributed by atoms with Crippen LogP contribution in [0.25, 0.3) is 0 Å². The number of hydrogen-bond acceptors (Lipinski definition) is 6. The van der Waals surface area contributed by atoms with E-state index in [0.717, 1.165) is 78.2 Å². The molecule has 0 aromatic carbocycles. The molecule has 1 atom stereocenters. The van der Waals surface area contributed by atoms with Crippen LogP contribution in [0.4, 0.5) is 0 Å². The molecule has 3 aliphatic heterocycles. The van der Waals surface area contributed by atoms with E-state index in [0.29, 0.717) is 0 Å². The monoisotopic (exact) mass is 348 g/mol. The maximum absolute atomic E-state index is 12.6. The average molecular weight is 348 g/mol.